The lowest BCUT2D eigenvalue weighted by atomic mass is 9.57. The summed E-state index contributed by atoms with van der Waals surface area (Å²) in [6.45, 7) is 6.78. The monoisotopic (exact) mass is 326 g/mol. The number of hydrogen-bond donors (Lipinski definition) is 1. The lowest BCUT2D eigenvalue weighted by Crippen LogP contribution is -2.70. The van der Waals surface area contributed by atoms with Crippen LogP contribution in [0.5, 0.6) is 0 Å². The quantitative estimate of drug-likeness (QED) is 0.808. The van der Waals surface area contributed by atoms with Crippen LogP contribution in [0.1, 0.15) is 59.3 Å². The van der Waals surface area contributed by atoms with E-state index in [9.17, 15) is 5.11 Å². The topological polar surface area (TPSA) is 57.2 Å². The Labute approximate surface area is 138 Å². The van der Waals surface area contributed by atoms with Crippen molar-refractivity contribution in [3.8, 4) is 0 Å². The Morgan fingerprint density at radius 2 is 1.91 bits per heavy atom. The molecule has 0 aromatic heterocycles. The Balaban J connectivity index is 1.70. The van der Waals surface area contributed by atoms with Crippen LogP contribution in [0.25, 0.3) is 0 Å². The number of fused-ring (bicyclic) bond motifs is 2. The molecule has 0 aromatic carbocycles. The van der Waals surface area contributed by atoms with Crippen LogP contribution in [0.2, 0.25) is 0 Å². The van der Waals surface area contributed by atoms with E-state index in [0.717, 1.165) is 32.1 Å². The molecule has 1 saturated carbocycles. The van der Waals surface area contributed by atoms with Gasteiger partial charge >= 0.3 is 0 Å². The highest BCUT2D eigenvalue weighted by molar-refractivity contribution is 5.09. The molecule has 4 aliphatic heterocycles. The van der Waals surface area contributed by atoms with Gasteiger partial charge in [-0.1, -0.05) is 13.8 Å². The van der Waals surface area contributed by atoms with E-state index in [1.807, 2.05) is 6.92 Å². The maximum absolute atomic E-state index is 9.19. The zero-order valence-electron chi connectivity index (χ0n) is 14.5. The third-order valence-electron chi connectivity index (χ3n) is 6.94. The minimum Gasteiger partial charge on any atom is -0.396 e. The van der Waals surface area contributed by atoms with E-state index in [0.29, 0.717) is 23.7 Å². The summed E-state index contributed by atoms with van der Waals surface area (Å²) < 4.78 is 12.7. The first-order valence-corrected chi connectivity index (χ1v) is 9.31. The average Bonchev–Trinajstić information content (AvgIpc) is 2.76. The first kappa shape index (κ1) is 16.3. The van der Waals surface area contributed by atoms with Crippen molar-refractivity contribution in [2.45, 2.75) is 83.1 Å². The molecule has 23 heavy (non-hydrogen) atoms. The van der Waals surface area contributed by atoms with E-state index in [4.69, 9.17) is 19.2 Å². The van der Waals surface area contributed by atoms with Gasteiger partial charge in [0.15, 0.2) is 11.9 Å². The normalized spacial score (nSPS) is 55.3. The largest absolute Gasteiger partial charge is 0.396 e. The molecule has 4 heterocycles. The van der Waals surface area contributed by atoms with Crippen LogP contribution in [0, 0.1) is 23.7 Å². The molecule has 4 saturated heterocycles. The number of ether oxygens (including phenoxy) is 2. The van der Waals surface area contributed by atoms with Crippen molar-refractivity contribution in [1.82, 2.24) is 0 Å². The van der Waals surface area contributed by atoms with Crippen LogP contribution < -0.4 is 0 Å². The highest BCUT2D eigenvalue weighted by atomic mass is 17.3. The third kappa shape index (κ3) is 2.31. The second kappa shape index (κ2) is 5.67. The molecule has 5 nitrogen and oxygen atoms in total. The first-order chi connectivity index (χ1) is 11.0. The molecule has 8 atom stereocenters. The molecule has 2 bridgehead atoms. The molecule has 1 aliphatic carbocycles. The average molecular weight is 326 g/mol. The molecular formula is C18H30O5. The lowest BCUT2D eigenvalue weighted by molar-refractivity contribution is -0.571. The minimum atomic E-state index is -0.695. The van der Waals surface area contributed by atoms with Gasteiger partial charge in [0.1, 0.15) is 0 Å². The Hall–Kier alpha value is -0.200. The van der Waals surface area contributed by atoms with E-state index in [1.54, 1.807) is 0 Å². The zero-order valence-corrected chi connectivity index (χ0v) is 14.5. The molecule has 1 unspecified atom stereocenters. The Bertz CT molecular complexity index is 457. The molecular weight excluding hydrogens is 296 g/mol. The molecule has 1 spiro atoms. The molecule has 0 amide bonds. The highest BCUT2D eigenvalue weighted by Crippen LogP contribution is 2.60. The molecule has 1 N–H and O–H groups in total. The van der Waals surface area contributed by atoms with Crippen molar-refractivity contribution in [1.29, 1.82) is 0 Å². The van der Waals surface area contributed by atoms with Gasteiger partial charge in [-0.2, -0.15) is 0 Å². The van der Waals surface area contributed by atoms with Gasteiger partial charge in [-0.05, 0) is 56.8 Å². The fourth-order valence-electron chi connectivity index (χ4n) is 5.60. The highest BCUT2D eigenvalue weighted by Gasteiger charge is 2.69. The second-order valence-corrected chi connectivity index (χ2v) is 8.31. The summed E-state index contributed by atoms with van der Waals surface area (Å²) in [7, 11) is 0. The summed E-state index contributed by atoms with van der Waals surface area (Å²) in [6.07, 6.45) is 5.73. The van der Waals surface area contributed by atoms with Crippen molar-refractivity contribution in [2.75, 3.05) is 6.61 Å². The van der Waals surface area contributed by atoms with Gasteiger partial charge in [0.25, 0.3) is 0 Å². The van der Waals surface area contributed by atoms with Crippen molar-refractivity contribution in [3.05, 3.63) is 0 Å². The van der Waals surface area contributed by atoms with Crippen molar-refractivity contribution < 1.29 is 24.4 Å². The van der Waals surface area contributed by atoms with Crippen LogP contribution in [0.15, 0.2) is 0 Å². The molecule has 5 fully saturated rings. The fraction of sp³-hybridized carbons (Fsp3) is 1.00. The Morgan fingerprint density at radius 1 is 1.09 bits per heavy atom. The third-order valence-corrected chi connectivity index (χ3v) is 6.94. The van der Waals surface area contributed by atoms with E-state index in [1.165, 1.54) is 6.42 Å². The summed E-state index contributed by atoms with van der Waals surface area (Å²) in [4.78, 5) is 11.9. The van der Waals surface area contributed by atoms with E-state index in [-0.39, 0.29) is 19.0 Å². The van der Waals surface area contributed by atoms with Crippen LogP contribution in [0.3, 0.4) is 0 Å². The van der Waals surface area contributed by atoms with Gasteiger partial charge in [-0.3, -0.25) is 0 Å². The van der Waals surface area contributed by atoms with Gasteiger partial charge in [-0.15, -0.1) is 0 Å². The maximum Gasteiger partial charge on any atom is 0.201 e. The van der Waals surface area contributed by atoms with Crippen molar-refractivity contribution >= 4 is 0 Å². The summed E-state index contributed by atoms with van der Waals surface area (Å²) in [5.74, 6) is 1.12. The summed E-state index contributed by atoms with van der Waals surface area (Å²) >= 11 is 0. The number of rotatable bonds is 3. The van der Waals surface area contributed by atoms with Gasteiger partial charge in [0.2, 0.25) is 5.79 Å². The summed E-state index contributed by atoms with van der Waals surface area (Å²) in [6, 6.07) is 0. The van der Waals surface area contributed by atoms with Gasteiger partial charge < -0.3 is 14.6 Å². The molecule has 132 valence electrons. The fourth-order valence-corrected chi connectivity index (χ4v) is 5.60. The van der Waals surface area contributed by atoms with Gasteiger partial charge in [0.05, 0.1) is 6.10 Å². The molecule has 5 rings (SSSR count). The van der Waals surface area contributed by atoms with Crippen molar-refractivity contribution in [2.24, 2.45) is 23.7 Å². The van der Waals surface area contributed by atoms with Crippen LogP contribution in [-0.4, -0.2) is 35.5 Å². The number of aliphatic hydroxyl groups is 1. The van der Waals surface area contributed by atoms with E-state index in [2.05, 4.69) is 13.8 Å². The van der Waals surface area contributed by atoms with E-state index >= 15 is 0 Å². The lowest BCUT2D eigenvalue weighted by Gasteiger charge is -2.60. The van der Waals surface area contributed by atoms with Gasteiger partial charge in [-0.25, -0.2) is 9.78 Å². The molecule has 5 heteroatoms. The summed E-state index contributed by atoms with van der Waals surface area (Å²) in [5.41, 5.74) is -0.456. The SMILES string of the molecule is C[C@H]1[C@@H](CCCO)OC2O[C@@]3(C)CC[C@H]4[C@H](C)CC[C@@H]1[C@@]24OO3. The predicted octanol–water partition coefficient (Wildman–Crippen LogP) is 3.01. The predicted molar refractivity (Wildman–Crippen MR) is 83.1 cm³/mol. The van der Waals surface area contributed by atoms with Crippen LogP contribution in [-0.2, 0) is 19.2 Å². The van der Waals surface area contributed by atoms with Crippen molar-refractivity contribution in [3.63, 3.8) is 0 Å². The van der Waals surface area contributed by atoms with Crippen LogP contribution in [0.4, 0.5) is 0 Å². The standard InChI is InChI=1S/C18H30O5/c1-11-6-7-14-12(2)15(5-4-10-19)20-16-18(14)13(11)8-9-17(3,21-16)22-23-18/h11-16,19H,4-10H2,1-3H3/t11-,12-,13+,14+,15-,16?,17-,18-/m1/s1. The van der Waals surface area contributed by atoms with Crippen LogP contribution >= 0.6 is 0 Å². The Morgan fingerprint density at radius 3 is 2.70 bits per heavy atom. The minimum absolute atomic E-state index is 0.128. The molecule has 0 radical (unpaired) electrons. The smallest absolute Gasteiger partial charge is 0.201 e. The number of hydrogen-bond acceptors (Lipinski definition) is 5. The summed E-state index contributed by atoms with van der Waals surface area (Å²) in [5, 5.41) is 9.19. The Kier molecular flexibility index (Phi) is 4.01. The molecule has 5 aliphatic rings. The number of aliphatic hydroxyl groups excluding tert-OH is 1. The second-order valence-electron chi connectivity index (χ2n) is 8.31. The molecule has 0 aromatic rings. The first-order valence-electron chi connectivity index (χ1n) is 9.31. The van der Waals surface area contributed by atoms with E-state index < -0.39 is 11.4 Å². The zero-order chi connectivity index (χ0) is 16.2. The maximum atomic E-state index is 9.19. The van der Waals surface area contributed by atoms with Gasteiger partial charge in [0, 0.05) is 18.9 Å².